The Morgan fingerprint density at radius 2 is 1.87 bits per heavy atom. The molecule has 3 atom stereocenters. The second-order valence-corrected chi connectivity index (χ2v) is 9.03. The zero-order chi connectivity index (χ0) is 22.1. The number of ether oxygens (including phenoxy) is 1. The number of halogens is 3. The second-order valence-electron chi connectivity index (χ2n) is 7.59. The van der Waals surface area contributed by atoms with Gasteiger partial charge in [-0.3, -0.25) is 9.78 Å². The Kier molecular flexibility index (Phi) is 6.74. The number of amides is 1. The van der Waals surface area contributed by atoms with E-state index < -0.39 is 48.1 Å². The number of carbonyl (C=O) groups excluding carboxylic acids is 1. The number of rotatable bonds is 6. The van der Waals surface area contributed by atoms with Crippen LogP contribution in [0, 0.1) is 0 Å². The van der Waals surface area contributed by atoms with Gasteiger partial charge in [-0.15, -0.1) is 0 Å². The Labute approximate surface area is 176 Å². The maximum atomic E-state index is 13.8. The number of nitrogens with zero attached hydrogens (tertiary/aromatic N) is 2. The lowest BCUT2D eigenvalue weighted by Crippen LogP contribution is -2.51. The van der Waals surface area contributed by atoms with Crippen LogP contribution in [0.25, 0.3) is 11.1 Å². The van der Waals surface area contributed by atoms with Crippen molar-refractivity contribution in [2.75, 3.05) is 12.9 Å². The standard InChI is InChI=1S/C21H23F3N2O3S/c1-21(2)26(20(27)19(23)24)17(10-22)18(29-21)14-6-4-13(5-7-14)15-8-9-16(25-11-15)12-30(3)28/h4-9,11,17-19H,10,12H2,1-3H3. The van der Waals surface area contributed by atoms with Crippen LogP contribution in [0.2, 0.25) is 0 Å². The molecule has 9 heteroatoms. The summed E-state index contributed by atoms with van der Waals surface area (Å²) in [6.07, 6.45) is -0.799. The van der Waals surface area contributed by atoms with E-state index in [1.807, 2.05) is 6.07 Å². The fourth-order valence-corrected chi connectivity index (χ4v) is 4.30. The molecule has 3 unspecified atom stereocenters. The van der Waals surface area contributed by atoms with Crippen molar-refractivity contribution in [3.63, 3.8) is 0 Å². The van der Waals surface area contributed by atoms with Crippen molar-refractivity contribution in [2.45, 2.75) is 43.9 Å². The molecule has 5 nitrogen and oxygen atoms in total. The van der Waals surface area contributed by atoms with Crippen LogP contribution in [0.3, 0.4) is 0 Å². The van der Waals surface area contributed by atoms with Crippen LogP contribution in [0.1, 0.15) is 31.2 Å². The SMILES string of the molecule is C[S+]([O-])Cc1ccc(-c2ccc(C3OC(C)(C)N(C(=O)C(F)F)C3CF)cc2)cn1. The third-order valence-corrected chi connectivity index (χ3v) is 5.71. The van der Waals surface area contributed by atoms with Gasteiger partial charge in [0.15, 0.2) is 0 Å². The Balaban J connectivity index is 1.82. The molecule has 0 N–H and O–H groups in total. The van der Waals surface area contributed by atoms with Gasteiger partial charge in [0.25, 0.3) is 5.91 Å². The van der Waals surface area contributed by atoms with E-state index in [2.05, 4.69) is 4.98 Å². The summed E-state index contributed by atoms with van der Waals surface area (Å²) in [5.74, 6) is -1.06. The molecular weight excluding hydrogens is 417 g/mol. The van der Waals surface area contributed by atoms with Crippen molar-refractivity contribution >= 4 is 17.1 Å². The van der Waals surface area contributed by atoms with Gasteiger partial charge >= 0.3 is 6.43 Å². The fourth-order valence-electron chi connectivity index (χ4n) is 3.71. The first-order chi connectivity index (χ1) is 14.1. The molecule has 3 rings (SSSR count). The summed E-state index contributed by atoms with van der Waals surface area (Å²) in [6.45, 7) is 1.94. The topological polar surface area (TPSA) is 65.5 Å². The molecule has 1 amide bonds. The number of benzene rings is 1. The molecule has 2 aromatic rings. The minimum Gasteiger partial charge on any atom is -0.616 e. The molecule has 1 aliphatic rings. The highest BCUT2D eigenvalue weighted by atomic mass is 32.2. The van der Waals surface area contributed by atoms with Gasteiger partial charge in [-0.2, -0.15) is 8.78 Å². The van der Waals surface area contributed by atoms with E-state index in [0.717, 1.165) is 21.7 Å². The van der Waals surface area contributed by atoms with Crippen molar-refractivity contribution in [3.05, 3.63) is 53.9 Å². The molecule has 0 bridgehead atoms. The molecule has 0 spiro atoms. The third-order valence-electron chi connectivity index (χ3n) is 5.01. The van der Waals surface area contributed by atoms with E-state index in [4.69, 9.17) is 4.74 Å². The molecule has 0 aliphatic carbocycles. The maximum Gasteiger partial charge on any atom is 0.315 e. The summed E-state index contributed by atoms with van der Waals surface area (Å²) in [7, 11) is 0. The first-order valence-corrected chi connectivity index (χ1v) is 11.1. The predicted molar refractivity (Wildman–Crippen MR) is 108 cm³/mol. The molecular formula is C21H23F3N2O3S. The maximum absolute atomic E-state index is 13.8. The van der Waals surface area contributed by atoms with Crippen LogP contribution in [-0.2, 0) is 26.5 Å². The normalized spacial score (nSPS) is 21.8. The van der Waals surface area contributed by atoms with E-state index in [-0.39, 0.29) is 0 Å². The van der Waals surface area contributed by atoms with Gasteiger partial charge in [-0.25, -0.2) is 4.39 Å². The summed E-state index contributed by atoms with van der Waals surface area (Å²) < 4.78 is 56.9. The van der Waals surface area contributed by atoms with Gasteiger partial charge in [-0.1, -0.05) is 41.5 Å². The molecule has 2 heterocycles. The number of hydrogen-bond donors (Lipinski definition) is 0. The Morgan fingerprint density at radius 3 is 2.37 bits per heavy atom. The van der Waals surface area contributed by atoms with Crippen LogP contribution < -0.4 is 0 Å². The lowest BCUT2D eigenvalue weighted by atomic mass is 9.99. The largest absolute Gasteiger partial charge is 0.616 e. The van der Waals surface area contributed by atoms with E-state index in [0.29, 0.717) is 11.3 Å². The molecule has 1 aromatic carbocycles. The van der Waals surface area contributed by atoms with Gasteiger partial charge in [0.1, 0.15) is 24.3 Å². The fraction of sp³-hybridized carbons (Fsp3) is 0.429. The van der Waals surface area contributed by atoms with E-state index in [1.54, 1.807) is 42.8 Å². The minimum absolute atomic E-state index is 0.381. The highest BCUT2D eigenvalue weighted by molar-refractivity contribution is 7.89. The van der Waals surface area contributed by atoms with Crippen molar-refractivity contribution in [2.24, 2.45) is 0 Å². The minimum atomic E-state index is -3.23. The molecule has 1 saturated heterocycles. The van der Waals surface area contributed by atoms with Gasteiger partial charge in [0.2, 0.25) is 0 Å². The van der Waals surface area contributed by atoms with Gasteiger partial charge in [0, 0.05) is 11.8 Å². The smallest absolute Gasteiger partial charge is 0.315 e. The van der Waals surface area contributed by atoms with Crippen LogP contribution in [0.5, 0.6) is 0 Å². The molecule has 0 radical (unpaired) electrons. The summed E-state index contributed by atoms with van der Waals surface area (Å²) in [6, 6.07) is 9.59. The van der Waals surface area contributed by atoms with Crippen molar-refractivity contribution < 1.29 is 27.3 Å². The summed E-state index contributed by atoms with van der Waals surface area (Å²) in [5, 5.41) is 0. The predicted octanol–water partition coefficient (Wildman–Crippen LogP) is 3.87. The van der Waals surface area contributed by atoms with Crippen LogP contribution in [0.15, 0.2) is 42.6 Å². The quantitative estimate of drug-likeness (QED) is 0.640. The number of hydrogen-bond acceptors (Lipinski definition) is 4. The average molecular weight is 440 g/mol. The molecule has 1 aliphatic heterocycles. The van der Waals surface area contributed by atoms with Crippen molar-refractivity contribution in [1.29, 1.82) is 0 Å². The molecule has 1 fully saturated rings. The summed E-state index contributed by atoms with van der Waals surface area (Å²) >= 11 is -0.975. The monoisotopic (exact) mass is 440 g/mol. The van der Waals surface area contributed by atoms with Crippen LogP contribution in [-0.4, -0.2) is 51.5 Å². The average Bonchev–Trinajstić information content (AvgIpc) is 2.98. The highest BCUT2D eigenvalue weighted by Gasteiger charge is 2.52. The van der Waals surface area contributed by atoms with Crippen molar-refractivity contribution in [1.82, 2.24) is 9.88 Å². The zero-order valence-corrected chi connectivity index (χ0v) is 17.7. The molecule has 30 heavy (non-hydrogen) atoms. The van der Waals surface area contributed by atoms with E-state index in [1.165, 1.54) is 13.8 Å². The molecule has 162 valence electrons. The lowest BCUT2D eigenvalue weighted by molar-refractivity contribution is -0.159. The van der Waals surface area contributed by atoms with E-state index in [9.17, 15) is 22.5 Å². The second kappa shape index (κ2) is 8.95. The third kappa shape index (κ3) is 4.63. The Morgan fingerprint density at radius 1 is 1.23 bits per heavy atom. The van der Waals surface area contributed by atoms with Gasteiger partial charge in [-0.05, 0) is 31.0 Å². The number of carbonyl (C=O) groups is 1. The summed E-state index contributed by atoms with van der Waals surface area (Å²) in [5.41, 5.74) is 1.66. The lowest BCUT2D eigenvalue weighted by Gasteiger charge is -2.32. The Bertz CT molecular complexity index is 876. The van der Waals surface area contributed by atoms with Gasteiger partial charge < -0.3 is 14.2 Å². The van der Waals surface area contributed by atoms with E-state index >= 15 is 0 Å². The molecule has 0 saturated carbocycles. The number of aromatic nitrogens is 1. The summed E-state index contributed by atoms with van der Waals surface area (Å²) in [4.78, 5) is 17.0. The zero-order valence-electron chi connectivity index (χ0n) is 16.8. The first-order valence-electron chi connectivity index (χ1n) is 9.34. The van der Waals surface area contributed by atoms with Crippen LogP contribution in [0.4, 0.5) is 13.2 Å². The number of pyridine rings is 1. The van der Waals surface area contributed by atoms with Gasteiger partial charge in [0.05, 0.1) is 18.0 Å². The Hall–Kier alpha value is -2.10. The van der Waals surface area contributed by atoms with Crippen molar-refractivity contribution in [3.8, 4) is 11.1 Å². The van der Waals surface area contributed by atoms with Crippen LogP contribution >= 0.6 is 0 Å². The number of alkyl halides is 3. The highest BCUT2D eigenvalue weighted by Crippen LogP contribution is 2.42. The molecule has 1 aromatic heterocycles. The first kappa shape index (κ1) is 22.6.